The van der Waals surface area contributed by atoms with Crippen LogP contribution in [-0.2, 0) is 11.3 Å². The second-order valence-electron chi connectivity index (χ2n) is 6.99. The van der Waals surface area contributed by atoms with Crippen molar-refractivity contribution in [3.63, 3.8) is 0 Å². The number of nitrogens with one attached hydrogen (secondary N) is 1. The number of amides is 1. The van der Waals surface area contributed by atoms with Gasteiger partial charge in [0.25, 0.3) is 5.56 Å². The molecule has 1 amide bonds. The van der Waals surface area contributed by atoms with Crippen LogP contribution >= 0.6 is 11.8 Å². The normalized spacial score (nSPS) is 11.0. The van der Waals surface area contributed by atoms with Gasteiger partial charge in [-0.15, -0.1) is 0 Å². The van der Waals surface area contributed by atoms with Crippen LogP contribution < -0.4 is 10.9 Å². The number of rotatable bonds is 6. The summed E-state index contributed by atoms with van der Waals surface area (Å²) in [5.41, 5.74) is 3.28. The first-order valence-corrected chi connectivity index (χ1v) is 10.5. The van der Waals surface area contributed by atoms with Crippen molar-refractivity contribution in [2.75, 3.05) is 11.1 Å². The van der Waals surface area contributed by atoms with E-state index >= 15 is 0 Å². The van der Waals surface area contributed by atoms with Gasteiger partial charge in [-0.05, 0) is 49.2 Å². The summed E-state index contributed by atoms with van der Waals surface area (Å²) in [5, 5.41) is 3.99. The van der Waals surface area contributed by atoms with Crippen LogP contribution in [0.1, 0.15) is 16.9 Å². The largest absolute Gasteiger partial charge is 0.467 e. The number of benzene rings is 2. The van der Waals surface area contributed by atoms with Crippen LogP contribution in [0.25, 0.3) is 10.9 Å². The average molecular weight is 420 g/mol. The molecule has 0 unspecified atom stereocenters. The Kier molecular flexibility index (Phi) is 5.72. The Hall–Kier alpha value is -3.32. The first-order valence-electron chi connectivity index (χ1n) is 9.54. The molecule has 0 radical (unpaired) electrons. The molecule has 2 heterocycles. The van der Waals surface area contributed by atoms with Gasteiger partial charge in [0.1, 0.15) is 5.76 Å². The topological polar surface area (TPSA) is 77.1 Å². The maximum atomic E-state index is 13.1. The molecular weight excluding hydrogens is 398 g/mol. The van der Waals surface area contributed by atoms with Crippen LogP contribution in [0.15, 0.2) is 75.2 Å². The lowest BCUT2D eigenvalue weighted by Gasteiger charge is -2.13. The molecule has 30 heavy (non-hydrogen) atoms. The molecule has 2 aromatic carbocycles. The molecule has 0 aliphatic carbocycles. The van der Waals surface area contributed by atoms with Gasteiger partial charge in [0.05, 0.1) is 29.5 Å². The van der Waals surface area contributed by atoms with Gasteiger partial charge in [-0.1, -0.05) is 42.1 Å². The van der Waals surface area contributed by atoms with E-state index in [0.29, 0.717) is 21.8 Å². The van der Waals surface area contributed by atoms with Crippen molar-refractivity contribution in [1.29, 1.82) is 0 Å². The molecule has 4 rings (SSSR count). The molecule has 1 N–H and O–H groups in total. The number of thioether (sulfide) groups is 1. The smallest absolute Gasteiger partial charge is 0.262 e. The van der Waals surface area contributed by atoms with E-state index in [2.05, 4.69) is 10.3 Å². The molecule has 0 atom stereocenters. The van der Waals surface area contributed by atoms with Crippen LogP contribution in [0.2, 0.25) is 0 Å². The highest BCUT2D eigenvalue weighted by atomic mass is 32.2. The van der Waals surface area contributed by atoms with E-state index in [1.54, 1.807) is 29.0 Å². The van der Waals surface area contributed by atoms with Gasteiger partial charge in [-0.25, -0.2) is 4.98 Å². The van der Waals surface area contributed by atoms with Gasteiger partial charge in [0.15, 0.2) is 5.16 Å². The summed E-state index contributed by atoms with van der Waals surface area (Å²) in [6.07, 6.45) is 1.57. The number of aromatic nitrogens is 2. The van der Waals surface area contributed by atoms with Crippen molar-refractivity contribution >= 4 is 34.3 Å². The molecule has 0 aliphatic heterocycles. The predicted octanol–water partition coefficient (Wildman–Crippen LogP) is 4.39. The van der Waals surface area contributed by atoms with Gasteiger partial charge >= 0.3 is 0 Å². The van der Waals surface area contributed by atoms with E-state index in [9.17, 15) is 9.59 Å². The number of anilines is 1. The van der Waals surface area contributed by atoms with E-state index < -0.39 is 0 Å². The van der Waals surface area contributed by atoms with Crippen LogP contribution in [-0.4, -0.2) is 21.2 Å². The molecule has 0 bridgehead atoms. The van der Waals surface area contributed by atoms with Crippen LogP contribution in [0.5, 0.6) is 0 Å². The van der Waals surface area contributed by atoms with Crippen LogP contribution in [0.4, 0.5) is 5.69 Å². The summed E-state index contributed by atoms with van der Waals surface area (Å²) in [5.74, 6) is 0.636. The third-order valence-corrected chi connectivity index (χ3v) is 5.77. The van der Waals surface area contributed by atoms with Crippen molar-refractivity contribution in [3.8, 4) is 0 Å². The Morgan fingerprint density at radius 1 is 1.07 bits per heavy atom. The molecule has 7 heteroatoms. The summed E-state index contributed by atoms with van der Waals surface area (Å²) in [6.45, 7) is 4.17. The molecule has 0 spiro atoms. The van der Waals surface area contributed by atoms with Gasteiger partial charge < -0.3 is 9.73 Å². The number of furan rings is 1. The Morgan fingerprint density at radius 3 is 2.57 bits per heavy atom. The molecule has 4 aromatic rings. The van der Waals surface area contributed by atoms with E-state index in [1.807, 2.05) is 50.2 Å². The minimum atomic E-state index is -0.158. The average Bonchev–Trinajstić information content (AvgIpc) is 3.25. The number of carbonyl (C=O) groups excluding carboxylic acids is 1. The van der Waals surface area contributed by atoms with E-state index in [-0.39, 0.29) is 23.8 Å². The Labute approximate surface area is 177 Å². The Balaban J connectivity index is 1.61. The number of para-hydroxylation sites is 2. The second-order valence-corrected chi connectivity index (χ2v) is 7.93. The lowest BCUT2D eigenvalue weighted by atomic mass is 10.1. The molecule has 0 saturated heterocycles. The van der Waals surface area contributed by atoms with Crippen molar-refractivity contribution in [2.24, 2.45) is 0 Å². The number of hydrogen-bond acceptors (Lipinski definition) is 5. The number of carbonyl (C=O) groups is 1. The third-order valence-electron chi connectivity index (χ3n) is 4.80. The first-order chi connectivity index (χ1) is 14.5. The summed E-state index contributed by atoms with van der Waals surface area (Å²) < 4.78 is 6.97. The molecule has 2 aromatic heterocycles. The zero-order chi connectivity index (χ0) is 21.1. The molecule has 0 fully saturated rings. The van der Waals surface area contributed by atoms with Crippen LogP contribution in [0.3, 0.4) is 0 Å². The Bertz CT molecular complexity index is 1240. The third kappa shape index (κ3) is 4.16. The summed E-state index contributed by atoms with van der Waals surface area (Å²) in [6, 6.07) is 16.7. The standard InChI is InChI=1S/C23H21N3O3S/c1-15-7-5-8-16(2)21(15)25-20(27)14-30-23-24-19-11-4-3-10-18(19)22(28)26(23)13-17-9-6-12-29-17/h3-12H,13-14H2,1-2H3,(H,25,27). The highest BCUT2D eigenvalue weighted by Crippen LogP contribution is 2.22. The second kappa shape index (κ2) is 8.59. The van der Waals surface area contributed by atoms with Crippen LogP contribution in [0, 0.1) is 13.8 Å². The van der Waals surface area contributed by atoms with E-state index in [0.717, 1.165) is 16.8 Å². The van der Waals surface area contributed by atoms with Gasteiger partial charge in [-0.2, -0.15) is 0 Å². The monoisotopic (exact) mass is 419 g/mol. The predicted molar refractivity (Wildman–Crippen MR) is 119 cm³/mol. The number of nitrogens with zero attached hydrogens (tertiary/aromatic N) is 2. The fourth-order valence-electron chi connectivity index (χ4n) is 3.27. The lowest BCUT2D eigenvalue weighted by Crippen LogP contribution is -2.24. The molecule has 0 aliphatic rings. The Morgan fingerprint density at radius 2 is 1.83 bits per heavy atom. The number of fused-ring (bicyclic) bond motifs is 1. The lowest BCUT2D eigenvalue weighted by molar-refractivity contribution is -0.113. The fourth-order valence-corrected chi connectivity index (χ4v) is 4.07. The fraction of sp³-hybridized carbons (Fsp3) is 0.174. The van der Waals surface area contributed by atoms with Crippen molar-refractivity contribution in [1.82, 2.24) is 9.55 Å². The first kappa shape index (κ1) is 20.0. The maximum absolute atomic E-state index is 13.1. The van der Waals surface area contributed by atoms with Gasteiger partial charge in [-0.3, -0.25) is 14.2 Å². The zero-order valence-corrected chi connectivity index (χ0v) is 17.5. The zero-order valence-electron chi connectivity index (χ0n) is 16.7. The van der Waals surface area contributed by atoms with E-state index in [4.69, 9.17) is 4.42 Å². The van der Waals surface area contributed by atoms with Crippen molar-refractivity contribution in [2.45, 2.75) is 25.5 Å². The summed E-state index contributed by atoms with van der Waals surface area (Å²) in [7, 11) is 0. The molecule has 152 valence electrons. The maximum Gasteiger partial charge on any atom is 0.262 e. The minimum Gasteiger partial charge on any atom is -0.467 e. The molecule has 0 saturated carbocycles. The highest BCUT2D eigenvalue weighted by molar-refractivity contribution is 7.99. The van der Waals surface area contributed by atoms with Gasteiger partial charge in [0.2, 0.25) is 5.91 Å². The van der Waals surface area contributed by atoms with Crippen molar-refractivity contribution in [3.05, 3.63) is 88.1 Å². The summed E-state index contributed by atoms with van der Waals surface area (Å²) in [4.78, 5) is 30.3. The molecule has 6 nitrogen and oxygen atoms in total. The number of aryl methyl sites for hydroxylation is 2. The van der Waals surface area contributed by atoms with E-state index in [1.165, 1.54) is 11.8 Å². The number of hydrogen-bond donors (Lipinski definition) is 1. The quantitative estimate of drug-likeness (QED) is 0.371. The van der Waals surface area contributed by atoms with Crippen molar-refractivity contribution < 1.29 is 9.21 Å². The molecular formula is C23H21N3O3S. The SMILES string of the molecule is Cc1cccc(C)c1NC(=O)CSc1nc2ccccc2c(=O)n1Cc1ccco1. The highest BCUT2D eigenvalue weighted by Gasteiger charge is 2.15. The minimum absolute atomic E-state index is 0.136. The summed E-state index contributed by atoms with van der Waals surface area (Å²) >= 11 is 1.24. The van der Waals surface area contributed by atoms with Gasteiger partial charge in [0, 0.05) is 5.69 Å².